The van der Waals surface area contributed by atoms with Crippen LogP contribution in [0.25, 0.3) is 0 Å². The maximum absolute atomic E-state index is 13.2. The van der Waals surface area contributed by atoms with Gasteiger partial charge in [0.05, 0.1) is 0 Å². The maximum Gasteiger partial charge on any atom is -0.0134 e. The first-order chi connectivity index (χ1) is 21.2. The number of hydrogen-bond acceptors (Lipinski definition) is 1. The molecule has 0 heterocycles. The number of hydrogen-bond donors (Lipinski definition) is 0. The van der Waals surface area contributed by atoms with E-state index in [0.717, 1.165) is 16.9 Å². The van der Waals surface area contributed by atoms with Crippen LogP contribution in [0.4, 0.5) is 11.4 Å². The molecule has 4 heteroatoms. The molecule has 6 aromatic rings. The summed E-state index contributed by atoms with van der Waals surface area (Å²) in [6.45, 7) is 0. The zero-order valence-electron chi connectivity index (χ0n) is 23.3. The maximum atomic E-state index is 13.2. The summed E-state index contributed by atoms with van der Waals surface area (Å²) in [5.74, 6) is 2.89. The van der Waals surface area contributed by atoms with Gasteiger partial charge >= 0.3 is 154 Å². The largest absolute Gasteiger partial charge is 0.0622 e. The average molecular weight is 756 g/mol. The molecule has 0 aliphatic rings. The van der Waals surface area contributed by atoms with E-state index in [2.05, 4.69) is 122 Å². The van der Waals surface area contributed by atoms with Crippen molar-refractivity contribution in [2.45, 2.75) is 0 Å². The van der Waals surface area contributed by atoms with Crippen LogP contribution >= 0.6 is 7.92 Å². The van der Waals surface area contributed by atoms with E-state index < -0.39 is 7.92 Å². The Morgan fingerprint density at radius 2 is 0.907 bits per heavy atom. The van der Waals surface area contributed by atoms with Gasteiger partial charge in [-0.3, -0.25) is 0 Å². The van der Waals surface area contributed by atoms with Crippen molar-refractivity contribution in [2.75, 3.05) is 4.90 Å². The Bertz CT molecular complexity index is 1650. The fourth-order valence-electron chi connectivity index (χ4n) is 4.62. The predicted octanol–water partition coefficient (Wildman–Crippen LogP) is 7.97. The van der Waals surface area contributed by atoms with Gasteiger partial charge in [0.2, 0.25) is 0 Å². The van der Waals surface area contributed by atoms with Crippen LogP contribution in [0.3, 0.4) is 0 Å². The van der Waals surface area contributed by atoms with E-state index in [9.17, 15) is 4.79 Å². The first-order valence-electron chi connectivity index (χ1n) is 13.8. The van der Waals surface area contributed by atoms with Gasteiger partial charge in [-0.05, 0) is 23.8 Å². The average Bonchev–Trinajstić information content (AvgIpc) is 3.08. The molecule has 6 rings (SSSR count). The molecule has 0 bridgehead atoms. The molecule has 0 saturated carbocycles. The van der Waals surface area contributed by atoms with Crippen LogP contribution in [0.1, 0.15) is 15.9 Å². The van der Waals surface area contributed by atoms with Crippen molar-refractivity contribution in [3.8, 4) is 10.1 Å². The first-order valence-corrected chi connectivity index (χ1v) is 16.2. The number of nitrogens with zero attached hydrogens (tertiary/aromatic N) is 1. The molecule has 0 aliphatic carbocycles. The summed E-state index contributed by atoms with van der Waals surface area (Å²) < 4.78 is 2.81. The number of carbonyl (C=O) groups is 1. The van der Waals surface area contributed by atoms with Crippen LogP contribution in [0.5, 0.6) is 0 Å². The second-order valence-corrected chi connectivity index (χ2v) is 12.2. The van der Waals surface area contributed by atoms with Crippen molar-refractivity contribution >= 4 is 41.1 Å². The summed E-state index contributed by atoms with van der Waals surface area (Å²) in [7, 11) is -0.446. The molecule has 43 heavy (non-hydrogen) atoms. The number of benzene rings is 6. The molecule has 0 aliphatic heterocycles. The summed E-state index contributed by atoms with van der Waals surface area (Å²) in [6.07, 6.45) is 0. The summed E-state index contributed by atoms with van der Waals surface area (Å²) >= 11 is 2.17. The molecule has 0 unspecified atom stereocenters. The number of amides is 1. The van der Waals surface area contributed by atoms with E-state index >= 15 is 0 Å². The number of rotatable bonds is 6. The topological polar surface area (TPSA) is 20.3 Å². The van der Waals surface area contributed by atoms with Gasteiger partial charge in [-0.2, -0.15) is 0 Å². The van der Waals surface area contributed by atoms with Gasteiger partial charge in [0.15, 0.2) is 0 Å². The summed E-state index contributed by atoms with van der Waals surface area (Å²) in [5, 5.41) is 4.19. The van der Waals surface area contributed by atoms with E-state index in [1.807, 2.05) is 84.9 Å². The third-order valence-corrected chi connectivity index (χ3v) is 9.28. The van der Waals surface area contributed by atoms with Gasteiger partial charge in [0.1, 0.15) is 0 Å². The van der Waals surface area contributed by atoms with Crippen LogP contribution < -0.4 is 20.8 Å². The van der Waals surface area contributed by atoms with Gasteiger partial charge in [-0.25, -0.2) is 0 Å². The van der Waals surface area contributed by atoms with E-state index in [0.29, 0.717) is 5.56 Å². The third-order valence-electron chi connectivity index (χ3n) is 6.57. The monoisotopic (exact) mass is 755 g/mol. The smallest absolute Gasteiger partial charge is 0.0134 e. The van der Waals surface area contributed by atoms with Gasteiger partial charge < -0.3 is 0 Å². The van der Waals surface area contributed by atoms with E-state index in [1.165, 1.54) is 15.9 Å². The van der Waals surface area contributed by atoms with Crippen LogP contribution in [0.2, 0.25) is 0 Å². The molecular formula is C39H29AuNOP. The summed E-state index contributed by atoms with van der Waals surface area (Å²) in [5.41, 5.74) is 3.09. The first kappa shape index (κ1) is 30.0. The minimum Gasteiger partial charge on any atom is -0.0622 e. The van der Waals surface area contributed by atoms with Crippen LogP contribution in [-0.2, 0) is 21.1 Å². The Morgan fingerprint density at radius 1 is 0.512 bits per heavy atom. The van der Waals surface area contributed by atoms with E-state index in [4.69, 9.17) is 0 Å². The van der Waals surface area contributed by atoms with Crippen molar-refractivity contribution in [1.29, 1.82) is 0 Å². The number of carbonyl (C=O) groups excluding carboxylic acids is 1. The van der Waals surface area contributed by atoms with Gasteiger partial charge in [-0.1, -0.05) is 91.0 Å². The molecule has 0 saturated heterocycles. The van der Waals surface area contributed by atoms with Gasteiger partial charge in [-0.15, -0.1) is 0 Å². The summed E-state index contributed by atoms with van der Waals surface area (Å²) in [6, 6.07) is 59.0. The Balaban J connectivity index is 0.000000176. The van der Waals surface area contributed by atoms with Crippen molar-refractivity contribution in [1.82, 2.24) is 0 Å². The number of para-hydroxylation sites is 2. The quantitative estimate of drug-likeness (QED) is 0.0961. The second-order valence-electron chi connectivity index (χ2n) is 9.43. The third kappa shape index (κ3) is 8.08. The van der Waals surface area contributed by atoms with E-state index in [1.54, 1.807) is 4.90 Å². The molecule has 0 radical (unpaired) electrons. The summed E-state index contributed by atoms with van der Waals surface area (Å²) in [4.78, 5) is 14.9. The zero-order chi connectivity index (χ0) is 29.7. The second kappa shape index (κ2) is 15.7. The SMILES string of the molecule is O=C(c1cccc(C#[C][Au])c1)N(c1ccccc1)c1ccccc1.c1ccc(P(c2ccccc2)c2ccccc2)cc1. The predicted molar refractivity (Wildman–Crippen MR) is 178 cm³/mol. The minimum atomic E-state index is -0.446. The van der Waals surface area contributed by atoms with Crippen LogP contribution in [0, 0.1) is 10.1 Å². The Labute approximate surface area is 267 Å². The normalized spacial score (nSPS) is 10.1. The molecule has 2 nitrogen and oxygen atoms in total. The standard InChI is InChI=1S/C21H14NO.C18H15P.Au/c1-2-17-10-9-11-18(16-17)21(23)22(19-12-5-3-6-13-19)20-14-7-4-8-15-20;1-4-10-16(11-5-1)19(17-12-6-2-7-13-17)18-14-8-3-9-15-18;/h3-16H;1-15H;. The molecule has 6 aromatic carbocycles. The molecule has 0 spiro atoms. The molecule has 0 aromatic heterocycles. The Morgan fingerprint density at radius 3 is 1.30 bits per heavy atom. The fraction of sp³-hybridized carbons (Fsp3) is 0. The van der Waals surface area contributed by atoms with Crippen molar-refractivity contribution in [2.24, 2.45) is 0 Å². The molecule has 1 amide bonds. The van der Waals surface area contributed by atoms with E-state index in [-0.39, 0.29) is 5.91 Å². The van der Waals surface area contributed by atoms with Gasteiger partial charge in [0, 0.05) is 0 Å². The fourth-order valence-corrected chi connectivity index (χ4v) is 7.24. The molecule has 212 valence electrons. The van der Waals surface area contributed by atoms with Crippen LogP contribution in [0.15, 0.2) is 176 Å². The van der Waals surface area contributed by atoms with Crippen LogP contribution in [-0.4, -0.2) is 5.91 Å². The molecular weight excluding hydrogens is 726 g/mol. The van der Waals surface area contributed by atoms with Crippen molar-refractivity contribution < 1.29 is 25.9 Å². The minimum absolute atomic E-state index is 0.0812. The molecule has 0 N–H and O–H groups in total. The van der Waals surface area contributed by atoms with Crippen molar-refractivity contribution in [3.05, 3.63) is 187 Å². The Hall–Kier alpha value is -4.48. The molecule has 0 fully saturated rings. The molecule has 0 atom stereocenters. The van der Waals surface area contributed by atoms with Crippen molar-refractivity contribution in [3.63, 3.8) is 0 Å². The Kier molecular flexibility index (Phi) is 10.9. The zero-order valence-corrected chi connectivity index (χ0v) is 26.4. The van der Waals surface area contributed by atoms with Gasteiger partial charge in [0.25, 0.3) is 0 Å². The number of anilines is 2.